The zero-order chi connectivity index (χ0) is 19.1. The third-order valence-electron chi connectivity index (χ3n) is 5.46. The first-order valence-electron chi connectivity index (χ1n) is 11.9. The maximum atomic E-state index is 9.03. The number of nitrogens with one attached hydrogen (secondary N) is 1. The Morgan fingerprint density at radius 1 is 0.654 bits per heavy atom. The number of rotatable bonds is 22. The number of hydrogen-bond donors (Lipinski definition) is 3. The topological polar surface area (TPSA) is 58.3 Å². The van der Waals surface area contributed by atoms with Gasteiger partial charge in [0.2, 0.25) is 0 Å². The molecule has 3 nitrogen and oxygen atoms in total. The first-order chi connectivity index (χ1) is 12.8. The van der Waals surface area contributed by atoms with Crippen LogP contribution in [0.4, 0.5) is 0 Å². The van der Waals surface area contributed by atoms with Crippen molar-refractivity contribution < 1.29 is 5.11 Å². The average Bonchev–Trinajstić information content (AvgIpc) is 2.64. The molecule has 0 aromatic carbocycles. The Labute approximate surface area is 164 Å². The molecule has 0 amide bonds. The van der Waals surface area contributed by atoms with Crippen molar-refractivity contribution >= 4 is 0 Å². The molecule has 26 heavy (non-hydrogen) atoms. The highest BCUT2D eigenvalue weighted by molar-refractivity contribution is 4.66. The third-order valence-corrected chi connectivity index (χ3v) is 5.46. The molecule has 0 fully saturated rings. The number of nitrogens with two attached hydrogens (primary N) is 1. The SMILES string of the molecule is CCCCCCCCCCCCCCCCCCNC(CCN)CCO. The van der Waals surface area contributed by atoms with Crippen molar-refractivity contribution in [3.05, 3.63) is 0 Å². The van der Waals surface area contributed by atoms with Crippen molar-refractivity contribution in [1.29, 1.82) is 0 Å². The van der Waals surface area contributed by atoms with Gasteiger partial charge in [-0.2, -0.15) is 0 Å². The number of aliphatic hydroxyl groups is 1. The molecule has 0 aliphatic rings. The van der Waals surface area contributed by atoms with Gasteiger partial charge < -0.3 is 16.2 Å². The monoisotopic (exact) mass is 370 g/mol. The van der Waals surface area contributed by atoms with Crippen LogP contribution in [0.15, 0.2) is 0 Å². The molecule has 1 atom stereocenters. The fourth-order valence-electron chi connectivity index (χ4n) is 3.68. The number of aliphatic hydroxyl groups excluding tert-OH is 1. The minimum atomic E-state index is 0.261. The highest BCUT2D eigenvalue weighted by Gasteiger charge is 2.05. The lowest BCUT2D eigenvalue weighted by Gasteiger charge is -2.16. The van der Waals surface area contributed by atoms with E-state index in [9.17, 15) is 0 Å². The van der Waals surface area contributed by atoms with Crippen molar-refractivity contribution in [3.8, 4) is 0 Å². The van der Waals surface area contributed by atoms with Crippen LogP contribution in [0.25, 0.3) is 0 Å². The Kier molecular flexibility index (Phi) is 22.8. The second kappa shape index (κ2) is 22.9. The van der Waals surface area contributed by atoms with E-state index >= 15 is 0 Å². The Balaban J connectivity index is 3.13. The van der Waals surface area contributed by atoms with Crippen LogP contribution >= 0.6 is 0 Å². The van der Waals surface area contributed by atoms with Gasteiger partial charge in [-0.25, -0.2) is 0 Å². The largest absolute Gasteiger partial charge is 0.396 e. The van der Waals surface area contributed by atoms with Gasteiger partial charge >= 0.3 is 0 Å². The highest BCUT2D eigenvalue weighted by Crippen LogP contribution is 2.13. The molecule has 0 bridgehead atoms. The lowest BCUT2D eigenvalue weighted by molar-refractivity contribution is 0.261. The lowest BCUT2D eigenvalue weighted by atomic mass is 10.0. The third kappa shape index (κ3) is 20.2. The summed E-state index contributed by atoms with van der Waals surface area (Å²) in [5.74, 6) is 0. The fourth-order valence-corrected chi connectivity index (χ4v) is 3.68. The molecule has 0 saturated heterocycles. The molecule has 0 aromatic rings. The van der Waals surface area contributed by atoms with Gasteiger partial charge in [-0.1, -0.05) is 103 Å². The van der Waals surface area contributed by atoms with Crippen molar-refractivity contribution in [2.75, 3.05) is 19.7 Å². The Morgan fingerprint density at radius 2 is 1.08 bits per heavy atom. The van der Waals surface area contributed by atoms with Crippen LogP contribution in [0.2, 0.25) is 0 Å². The van der Waals surface area contributed by atoms with E-state index in [1.807, 2.05) is 0 Å². The molecule has 0 aliphatic carbocycles. The molecule has 0 heterocycles. The van der Waals surface area contributed by atoms with Gasteiger partial charge in [0, 0.05) is 12.6 Å². The molecule has 0 radical (unpaired) electrons. The lowest BCUT2D eigenvalue weighted by Crippen LogP contribution is -2.32. The average molecular weight is 371 g/mol. The smallest absolute Gasteiger partial charge is 0.0445 e. The van der Waals surface area contributed by atoms with Crippen LogP contribution in [0.1, 0.15) is 122 Å². The van der Waals surface area contributed by atoms with Crippen molar-refractivity contribution in [3.63, 3.8) is 0 Å². The minimum Gasteiger partial charge on any atom is -0.396 e. The van der Waals surface area contributed by atoms with Crippen molar-refractivity contribution in [2.24, 2.45) is 5.73 Å². The molecule has 158 valence electrons. The zero-order valence-electron chi connectivity index (χ0n) is 18.0. The van der Waals surface area contributed by atoms with E-state index < -0.39 is 0 Å². The molecular formula is C23H50N2O. The second-order valence-corrected chi connectivity index (χ2v) is 8.04. The van der Waals surface area contributed by atoms with Gasteiger partial charge in [-0.05, 0) is 32.4 Å². The van der Waals surface area contributed by atoms with E-state index in [1.54, 1.807) is 0 Å². The molecular weight excluding hydrogens is 320 g/mol. The Morgan fingerprint density at radius 3 is 1.46 bits per heavy atom. The standard InChI is InChI=1S/C23H50N2O/c1-2-3-4-5-6-7-8-9-10-11-12-13-14-15-16-17-21-25-23(18-20-24)19-22-26/h23,25-26H,2-22,24H2,1H3. The molecule has 4 N–H and O–H groups in total. The summed E-state index contributed by atoms with van der Waals surface area (Å²) in [6.45, 7) is 4.33. The van der Waals surface area contributed by atoms with Gasteiger partial charge in [-0.15, -0.1) is 0 Å². The van der Waals surface area contributed by atoms with E-state index in [1.165, 1.54) is 103 Å². The summed E-state index contributed by atoms with van der Waals surface area (Å²) in [4.78, 5) is 0. The summed E-state index contributed by atoms with van der Waals surface area (Å²) in [7, 11) is 0. The number of unbranched alkanes of at least 4 members (excludes halogenated alkanes) is 15. The van der Waals surface area contributed by atoms with Crippen LogP contribution < -0.4 is 11.1 Å². The summed E-state index contributed by atoms with van der Waals surface area (Å²) in [5, 5.41) is 12.6. The summed E-state index contributed by atoms with van der Waals surface area (Å²) >= 11 is 0. The zero-order valence-corrected chi connectivity index (χ0v) is 18.0. The van der Waals surface area contributed by atoms with Crippen molar-refractivity contribution in [1.82, 2.24) is 5.32 Å². The molecule has 0 aromatic heterocycles. The first kappa shape index (κ1) is 25.9. The minimum absolute atomic E-state index is 0.261. The fraction of sp³-hybridized carbons (Fsp3) is 1.00. The van der Waals surface area contributed by atoms with E-state index in [4.69, 9.17) is 10.8 Å². The predicted octanol–water partition coefficient (Wildman–Crippen LogP) is 5.94. The quantitative estimate of drug-likeness (QED) is 0.207. The number of hydrogen-bond acceptors (Lipinski definition) is 3. The van der Waals surface area contributed by atoms with E-state index in [2.05, 4.69) is 12.2 Å². The van der Waals surface area contributed by atoms with E-state index in [0.717, 1.165) is 19.4 Å². The van der Waals surface area contributed by atoms with E-state index in [0.29, 0.717) is 12.6 Å². The maximum absolute atomic E-state index is 9.03. The van der Waals surface area contributed by atoms with Gasteiger partial charge in [0.05, 0.1) is 0 Å². The van der Waals surface area contributed by atoms with Crippen LogP contribution in [-0.2, 0) is 0 Å². The molecule has 0 rings (SSSR count). The van der Waals surface area contributed by atoms with Crippen molar-refractivity contribution in [2.45, 2.75) is 129 Å². The Hall–Kier alpha value is -0.120. The van der Waals surface area contributed by atoms with Crippen LogP contribution in [0.3, 0.4) is 0 Å². The molecule has 0 saturated carbocycles. The summed E-state index contributed by atoms with van der Waals surface area (Å²) in [6, 6.07) is 0.404. The molecule has 0 aliphatic heterocycles. The van der Waals surface area contributed by atoms with E-state index in [-0.39, 0.29) is 6.61 Å². The normalized spacial score (nSPS) is 12.6. The van der Waals surface area contributed by atoms with Gasteiger partial charge in [0.25, 0.3) is 0 Å². The summed E-state index contributed by atoms with van der Waals surface area (Å²) < 4.78 is 0. The van der Waals surface area contributed by atoms with Gasteiger partial charge in [0.15, 0.2) is 0 Å². The van der Waals surface area contributed by atoms with Gasteiger partial charge in [-0.3, -0.25) is 0 Å². The molecule has 3 heteroatoms. The molecule has 1 unspecified atom stereocenters. The predicted molar refractivity (Wildman–Crippen MR) is 117 cm³/mol. The van der Waals surface area contributed by atoms with Crippen LogP contribution in [-0.4, -0.2) is 30.8 Å². The highest BCUT2D eigenvalue weighted by atomic mass is 16.3. The first-order valence-corrected chi connectivity index (χ1v) is 11.9. The van der Waals surface area contributed by atoms with Crippen LogP contribution in [0, 0.1) is 0 Å². The maximum Gasteiger partial charge on any atom is 0.0445 e. The summed E-state index contributed by atoms with van der Waals surface area (Å²) in [5.41, 5.74) is 5.60. The van der Waals surface area contributed by atoms with Gasteiger partial charge in [0.1, 0.15) is 0 Å². The van der Waals surface area contributed by atoms with Crippen LogP contribution in [0.5, 0.6) is 0 Å². The second-order valence-electron chi connectivity index (χ2n) is 8.04. The summed E-state index contributed by atoms with van der Waals surface area (Å²) in [6.07, 6.45) is 24.4. The molecule has 0 spiro atoms. The Bertz CT molecular complexity index is 242.